The molecule has 9 nitrogen and oxygen atoms in total. The first-order valence-electron chi connectivity index (χ1n) is 10.5. The number of fused-ring (bicyclic) bond motifs is 3. The largest absolute Gasteiger partial charge is 0.356 e. The summed E-state index contributed by atoms with van der Waals surface area (Å²) in [6.45, 7) is 5.27. The number of benzene rings is 1. The van der Waals surface area contributed by atoms with Crippen molar-refractivity contribution >= 4 is 35.6 Å². The summed E-state index contributed by atoms with van der Waals surface area (Å²) >= 11 is 5.17. The molecule has 2 N–H and O–H groups in total. The number of anilines is 1. The second kappa shape index (κ2) is 8.26. The number of hydrogen-bond donors (Lipinski definition) is 2. The Morgan fingerprint density at radius 1 is 1.32 bits per heavy atom. The topological polar surface area (TPSA) is 103 Å². The molecule has 1 atom stereocenters. The van der Waals surface area contributed by atoms with E-state index in [9.17, 15) is 14.4 Å². The monoisotopic (exact) mass is 442 g/mol. The van der Waals surface area contributed by atoms with Gasteiger partial charge in [0.1, 0.15) is 11.5 Å². The van der Waals surface area contributed by atoms with E-state index in [-0.39, 0.29) is 30.7 Å². The van der Waals surface area contributed by atoms with E-state index in [4.69, 9.17) is 12.2 Å². The number of carbonyl (C=O) groups is 3. The Morgan fingerprint density at radius 2 is 2.10 bits per heavy atom. The van der Waals surface area contributed by atoms with E-state index in [2.05, 4.69) is 15.5 Å². The second-order valence-corrected chi connectivity index (χ2v) is 8.35. The molecular weight excluding hydrogens is 416 g/mol. The van der Waals surface area contributed by atoms with E-state index in [0.29, 0.717) is 48.4 Å². The number of nitrogens with zero attached hydrogens (tertiary/aromatic N) is 4. The predicted octanol–water partition coefficient (Wildman–Crippen LogP) is 2.01. The van der Waals surface area contributed by atoms with E-state index < -0.39 is 5.66 Å². The first-order valence-corrected chi connectivity index (χ1v) is 10.9. The van der Waals surface area contributed by atoms with Gasteiger partial charge in [-0.05, 0) is 44.6 Å². The highest BCUT2D eigenvalue weighted by Crippen LogP contribution is 2.43. The number of H-pyrrole nitrogens is 1. The van der Waals surface area contributed by atoms with Gasteiger partial charge in [0.2, 0.25) is 11.8 Å². The zero-order valence-corrected chi connectivity index (χ0v) is 18.5. The molecule has 1 saturated heterocycles. The molecule has 1 fully saturated rings. The summed E-state index contributed by atoms with van der Waals surface area (Å²) in [5, 5.41) is 9.84. The third kappa shape index (κ3) is 3.65. The summed E-state index contributed by atoms with van der Waals surface area (Å²) in [6, 6.07) is 7.16. The van der Waals surface area contributed by atoms with Crippen LogP contribution >= 0.6 is 12.2 Å². The molecule has 2 aliphatic rings. The van der Waals surface area contributed by atoms with Crippen LogP contribution in [-0.4, -0.2) is 56.1 Å². The Labute approximate surface area is 185 Å². The van der Waals surface area contributed by atoms with Crippen LogP contribution in [0.15, 0.2) is 24.3 Å². The average molecular weight is 443 g/mol. The van der Waals surface area contributed by atoms with Gasteiger partial charge in [0.15, 0.2) is 4.77 Å². The third-order valence-corrected chi connectivity index (χ3v) is 6.44. The van der Waals surface area contributed by atoms with Gasteiger partial charge < -0.3 is 14.8 Å². The van der Waals surface area contributed by atoms with Crippen molar-refractivity contribution < 1.29 is 14.4 Å². The number of aromatic amines is 1. The first kappa shape index (κ1) is 21.2. The zero-order chi connectivity index (χ0) is 22.2. The smallest absolute Gasteiger partial charge is 0.257 e. The van der Waals surface area contributed by atoms with Crippen LogP contribution in [-0.2, 0) is 22.6 Å². The molecule has 1 aromatic carbocycles. The lowest BCUT2D eigenvalue weighted by atomic mass is 9.98. The van der Waals surface area contributed by atoms with E-state index in [0.717, 1.165) is 5.82 Å². The van der Waals surface area contributed by atoms with Gasteiger partial charge in [-0.25, -0.2) is 0 Å². The van der Waals surface area contributed by atoms with Gasteiger partial charge in [-0.3, -0.25) is 24.4 Å². The quantitative estimate of drug-likeness (QED) is 0.639. The van der Waals surface area contributed by atoms with Crippen LogP contribution in [0.3, 0.4) is 0 Å². The summed E-state index contributed by atoms with van der Waals surface area (Å²) < 4.78 is 2.45. The summed E-state index contributed by atoms with van der Waals surface area (Å²) in [5.41, 5.74) is 0.408. The number of hydrogen-bond acceptors (Lipinski definition) is 5. The summed E-state index contributed by atoms with van der Waals surface area (Å²) in [7, 11) is 0. The maximum atomic E-state index is 13.2. The minimum Gasteiger partial charge on any atom is -0.356 e. The summed E-state index contributed by atoms with van der Waals surface area (Å²) in [5.74, 6) is 0.503. The second-order valence-electron chi connectivity index (χ2n) is 7.96. The van der Waals surface area contributed by atoms with Crippen LogP contribution < -0.4 is 10.2 Å². The molecule has 3 amide bonds. The highest BCUT2D eigenvalue weighted by Gasteiger charge is 2.52. The summed E-state index contributed by atoms with van der Waals surface area (Å²) in [6.07, 6.45) is 1.65. The van der Waals surface area contributed by atoms with Crippen molar-refractivity contribution in [1.82, 2.24) is 25.0 Å². The molecular formula is C21H26N6O3S. The Morgan fingerprint density at radius 3 is 2.87 bits per heavy atom. The molecule has 3 heterocycles. The maximum Gasteiger partial charge on any atom is 0.257 e. The third-order valence-electron chi connectivity index (χ3n) is 6.13. The molecule has 0 saturated carbocycles. The van der Waals surface area contributed by atoms with Crippen LogP contribution in [0.25, 0.3) is 0 Å². The predicted molar refractivity (Wildman–Crippen MR) is 117 cm³/mol. The minimum absolute atomic E-state index is 0.00115. The van der Waals surface area contributed by atoms with Gasteiger partial charge >= 0.3 is 0 Å². The van der Waals surface area contributed by atoms with Crippen LogP contribution in [0.4, 0.5) is 5.69 Å². The van der Waals surface area contributed by atoms with E-state index in [1.165, 1.54) is 0 Å². The molecule has 164 valence electrons. The van der Waals surface area contributed by atoms with Gasteiger partial charge in [-0.2, -0.15) is 5.10 Å². The Balaban J connectivity index is 1.41. The maximum absolute atomic E-state index is 13.2. The lowest BCUT2D eigenvalue weighted by Gasteiger charge is -2.48. The lowest BCUT2D eigenvalue weighted by Crippen LogP contribution is -2.62. The highest BCUT2D eigenvalue weighted by atomic mass is 32.1. The van der Waals surface area contributed by atoms with E-state index >= 15 is 0 Å². The Kier molecular flexibility index (Phi) is 5.65. The number of rotatable bonds is 7. The van der Waals surface area contributed by atoms with Crippen molar-refractivity contribution in [3.8, 4) is 0 Å². The molecule has 0 radical (unpaired) electrons. The van der Waals surface area contributed by atoms with E-state index in [1.807, 2.05) is 30.5 Å². The number of para-hydroxylation sites is 1. The fourth-order valence-corrected chi connectivity index (χ4v) is 4.80. The van der Waals surface area contributed by atoms with Gasteiger partial charge in [0.05, 0.1) is 11.3 Å². The molecule has 1 aromatic heterocycles. The first-order chi connectivity index (χ1) is 14.9. The number of amides is 3. The van der Waals surface area contributed by atoms with Crippen molar-refractivity contribution in [1.29, 1.82) is 0 Å². The van der Waals surface area contributed by atoms with Crippen LogP contribution in [0, 0.1) is 4.77 Å². The lowest BCUT2D eigenvalue weighted by molar-refractivity contribution is -0.121. The van der Waals surface area contributed by atoms with Crippen LogP contribution in [0.2, 0.25) is 0 Å². The molecule has 31 heavy (non-hydrogen) atoms. The zero-order valence-electron chi connectivity index (χ0n) is 17.7. The molecule has 4 rings (SSSR count). The molecule has 2 aromatic rings. The average Bonchev–Trinajstić information content (AvgIpc) is 3.26. The molecule has 0 spiro atoms. The van der Waals surface area contributed by atoms with Crippen LogP contribution in [0.1, 0.15) is 49.3 Å². The minimum atomic E-state index is -0.746. The van der Waals surface area contributed by atoms with Gasteiger partial charge in [0.25, 0.3) is 5.91 Å². The number of carbonyl (C=O) groups excluding carboxylic acids is 3. The standard InChI is InChI=1S/C21H26N6O3S/c1-3-25-16(23-24-20(25)31)9-12-22-17(28)10-13-26-19(30)14-6-4-5-7-15(14)27-18(29)8-11-21(26,27)2/h4-7H,3,8-13H2,1-2H3,(H,22,28)(H,24,31). The van der Waals surface area contributed by atoms with Gasteiger partial charge in [0, 0.05) is 38.9 Å². The van der Waals surface area contributed by atoms with E-state index in [1.54, 1.807) is 21.9 Å². The van der Waals surface area contributed by atoms with Gasteiger partial charge in [-0.15, -0.1) is 0 Å². The van der Waals surface area contributed by atoms with Crippen molar-refractivity contribution in [2.75, 3.05) is 18.0 Å². The van der Waals surface area contributed by atoms with Crippen molar-refractivity contribution in [2.24, 2.45) is 0 Å². The molecule has 0 bridgehead atoms. The normalized spacial score (nSPS) is 20.1. The molecule has 2 aliphatic heterocycles. The highest BCUT2D eigenvalue weighted by molar-refractivity contribution is 7.71. The summed E-state index contributed by atoms with van der Waals surface area (Å²) in [4.78, 5) is 41.6. The van der Waals surface area contributed by atoms with Crippen LogP contribution in [0.5, 0.6) is 0 Å². The number of nitrogens with one attached hydrogen (secondary N) is 2. The van der Waals surface area contributed by atoms with Crippen molar-refractivity contribution in [3.63, 3.8) is 0 Å². The fraction of sp³-hybridized carbons (Fsp3) is 0.476. The Bertz CT molecular complexity index is 1090. The molecule has 0 aliphatic carbocycles. The van der Waals surface area contributed by atoms with Crippen molar-refractivity contribution in [3.05, 3.63) is 40.4 Å². The van der Waals surface area contributed by atoms with Gasteiger partial charge in [-0.1, -0.05) is 12.1 Å². The Hall–Kier alpha value is -3.01. The molecule has 1 unspecified atom stereocenters. The fourth-order valence-electron chi connectivity index (χ4n) is 4.52. The SMILES string of the molecule is CCn1c(CCNC(=O)CCN2C(=O)c3ccccc3N3C(=O)CCC23C)n[nH]c1=S. The van der Waals surface area contributed by atoms with Crippen molar-refractivity contribution in [2.45, 2.75) is 51.7 Å². The number of aromatic nitrogens is 3. The molecule has 10 heteroatoms.